The summed E-state index contributed by atoms with van der Waals surface area (Å²) < 4.78 is 17.7. The Hall–Kier alpha value is -0.590. The minimum Gasteiger partial charge on any atom is -0.443 e. The van der Waals surface area contributed by atoms with Crippen molar-refractivity contribution in [3.05, 3.63) is 30.3 Å². The Kier molecular flexibility index (Phi) is 4.92. The lowest BCUT2D eigenvalue weighted by Crippen LogP contribution is -1.76. The average molecular weight is 243 g/mol. The van der Waals surface area contributed by atoms with Gasteiger partial charge in [0.1, 0.15) is 5.75 Å². The number of para-hydroxylation sites is 1. The van der Waals surface area contributed by atoms with Crippen LogP contribution in [0.1, 0.15) is 0 Å². The van der Waals surface area contributed by atoms with E-state index in [1.807, 2.05) is 30.3 Å². The van der Waals surface area contributed by atoms with Gasteiger partial charge in [-0.3, -0.25) is 0 Å². The highest BCUT2D eigenvalue weighted by atomic mass is 31.2. The van der Waals surface area contributed by atoms with Crippen molar-refractivity contribution >= 4 is 25.1 Å². The number of nitrogens with zero attached hydrogens (tertiary/aromatic N) is 4. The second-order valence-corrected chi connectivity index (χ2v) is 5.61. The molecule has 0 amide bonds. The minimum atomic E-state index is -1.37. The van der Waals surface area contributed by atoms with Gasteiger partial charge in [0.15, 0.2) is 17.0 Å². The molecule has 0 saturated heterocycles. The number of hydrogen-bond donors (Lipinski definition) is 0. The van der Waals surface area contributed by atoms with Crippen molar-refractivity contribution in [3.63, 3.8) is 0 Å². The molecule has 1 aliphatic rings. The molecule has 5 nitrogen and oxygen atoms in total. The molecule has 0 spiro atoms. The number of benzene rings is 1. The molecule has 0 bridgehead atoms. The molecule has 3 radical (unpaired) electrons. The van der Waals surface area contributed by atoms with Gasteiger partial charge in [-0.15, -0.1) is 0 Å². The normalized spacial score (nSPS) is 20.4. The first-order chi connectivity index (χ1) is 6.45. The molecular weight excluding hydrogens is 237 g/mol. The second kappa shape index (κ2) is 6.00. The second-order valence-electron chi connectivity index (χ2n) is 2.17. The van der Waals surface area contributed by atoms with Crippen LogP contribution in [-0.2, 0) is 0 Å². The Balaban J connectivity index is 0.000000980. The maximum absolute atomic E-state index is 5.55. The van der Waals surface area contributed by atoms with E-state index in [2.05, 4.69) is 13.5 Å². The highest BCUT2D eigenvalue weighted by molar-refractivity contribution is 7.56. The van der Waals surface area contributed by atoms with Crippen LogP contribution in [0.3, 0.4) is 0 Å². The third-order valence-electron chi connectivity index (χ3n) is 1.29. The van der Waals surface area contributed by atoms with E-state index in [1.165, 1.54) is 0 Å². The summed E-state index contributed by atoms with van der Waals surface area (Å²) in [6.07, 6.45) is 0. The van der Waals surface area contributed by atoms with Crippen LogP contribution in [0.2, 0.25) is 0 Å². The van der Waals surface area contributed by atoms with E-state index in [9.17, 15) is 0 Å². The van der Waals surface area contributed by atoms with E-state index < -0.39 is 8.09 Å². The first-order valence-electron chi connectivity index (χ1n) is 3.57. The van der Waals surface area contributed by atoms with Gasteiger partial charge in [0.2, 0.25) is 8.09 Å². The Morgan fingerprint density at radius 1 is 1.14 bits per heavy atom. The minimum absolute atomic E-state index is 0. The summed E-state index contributed by atoms with van der Waals surface area (Å²) in [6.45, 7) is 0. The topological polar surface area (TPSA) is 76.8 Å². The maximum Gasteiger partial charge on any atom is 0.249 e. The highest BCUT2D eigenvalue weighted by Crippen LogP contribution is 2.42. The van der Waals surface area contributed by atoms with Gasteiger partial charge in [-0.05, 0) is 12.1 Å². The third-order valence-corrected chi connectivity index (χ3v) is 4.44. The van der Waals surface area contributed by atoms with Crippen molar-refractivity contribution in [2.75, 3.05) is 0 Å². The van der Waals surface area contributed by atoms with Gasteiger partial charge in [0.25, 0.3) is 0 Å². The first-order valence-corrected chi connectivity index (χ1v) is 6.47. The van der Waals surface area contributed by atoms with Crippen LogP contribution in [0.15, 0.2) is 43.9 Å². The highest BCUT2D eigenvalue weighted by Gasteiger charge is 1.98. The third kappa shape index (κ3) is 3.28. The zero-order valence-electron chi connectivity index (χ0n) is 6.98. The van der Waals surface area contributed by atoms with Crippen molar-refractivity contribution in [1.82, 2.24) is 6.15 Å². The fourth-order valence-electron chi connectivity index (χ4n) is 0.789. The summed E-state index contributed by atoms with van der Waals surface area (Å²) in [5.74, 6) is 0.830. The predicted octanol–water partition coefficient (Wildman–Crippen LogP) is 3.92. The van der Waals surface area contributed by atoms with Crippen molar-refractivity contribution < 1.29 is 4.52 Å². The summed E-state index contributed by atoms with van der Waals surface area (Å²) in [7, 11) is 0.115. The molecule has 1 atom stereocenters. The molecule has 8 heteroatoms. The van der Waals surface area contributed by atoms with Crippen LogP contribution >= 0.6 is 25.1 Å². The van der Waals surface area contributed by atoms with Crippen molar-refractivity contribution in [2.45, 2.75) is 0 Å². The zero-order valence-corrected chi connectivity index (χ0v) is 9.77. The van der Waals surface area contributed by atoms with Gasteiger partial charge in [0.05, 0.1) is 0 Å². The smallest absolute Gasteiger partial charge is 0.249 e. The van der Waals surface area contributed by atoms with Gasteiger partial charge in [0, 0.05) is 6.15 Å². The summed E-state index contributed by atoms with van der Waals surface area (Å²) >= 11 is 0. The van der Waals surface area contributed by atoms with Crippen LogP contribution in [0.4, 0.5) is 0 Å². The van der Waals surface area contributed by atoms with Crippen molar-refractivity contribution in [3.8, 4) is 5.75 Å². The van der Waals surface area contributed by atoms with Gasteiger partial charge in [-0.2, -0.15) is 13.5 Å². The monoisotopic (exact) mass is 243 g/mol. The number of rotatable bonds is 2. The molecule has 1 heterocycles. The molecule has 0 N–H and O–H groups in total. The van der Waals surface area contributed by atoms with E-state index in [-0.39, 0.29) is 6.15 Å². The molecule has 14 heavy (non-hydrogen) atoms. The average Bonchev–Trinajstić information content (AvgIpc) is 2.21. The molecule has 71 valence electrons. The van der Waals surface area contributed by atoms with Crippen LogP contribution in [0.25, 0.3) is 0 Å². The Morgan fingerprint density at radius 3 is 2.57 bits per heavy atom. The lowest BCUT2D eigenvalue weighted by atomic mass is 10.3. The van der Waals surface area contributed by atoms with Crippen LogP contribution in [0, 0.1) is 0 Å². The van der Waals surface area contributed by atoms with E-state index in [1.54, 1.807) is 0 Å². The summed E-state index contributed by atoms with van der Waals surface area (Å²) in [5, 5.41) is 0. The lowest BCUT2D eigenvalue weighted by Gasteiger charge is -2.04. The maximum atomic E-state index is 5.55. The largest absolute Gasteiger partial charge is 0.443 e. The Labute approximate surface area is 86.0 Å². The molecular formula is C6H6N4OP3. The molecule has 1 aromatic rings. The van der Waals surface area contributed by atoms with Gasteiger partial charge in [-0.25, -0.2) is 0 Å². The van der Waals surface area contributed by atoms with E-state index in [0.29, 0.717) is 0 Å². The SMILES string of the molecule is [N].c1ccc(O[PH]2=NP=NP=N2)cc1. The Bertz CT molecular complexity index is 378. The fourth-order valence-corrected chi connectivity index (χ4v) is 3.78. The van der Waals surface area contributed by atoms with Crippen LogP contribution < -0.4 is 10.7 Å². The van der Waals surface area contributed by atoms with Gasteiger partial charge >= 0.3 is 0 Å². The predicted molar refractivity (Wildman–Crippen MR) is 58.6 cm³/mol. The molecule has 0 aromatic heterocycles. The van der Waals surface area contributed by atoms with E-state index >= 15 is 0 Å². The molecule has 2 rings (SSSR count). The lowest BCUT2D eigenvalue weighted by molar-refractivity contribution is 0.624. The summed E-state index contributed by atoms with van der Waals surface area (Å²) in [4.78, 5) is 0. The van der Waals surface area contributed by atoms with Crippen molar-refractivity contribution in [1.29, 1.82) is 0 Å². The molecule has 1 aliphatic heterocycles. The van der Waals surface area contributed by atoms with Crippen LogP contribution in [-0.4, -0.2) is 0 Å². The quantitative estimate of drug-likeness (QED) is 0.725. The standard InChI is InChI=1S/C6H6N3OP3.N/c1-2-4-6(5-3-1)10-13-8-11-7-12-9-13;/h1-5,13H;. The van der Waals surface area contributed by atoms with E-state index in [0.717, 1.165) is 22.8 Å². The van der Waals surface area contributed by atoms with Crippen LogP contribution in [0.5, 0.6) is 5.75 Å². The summed E-state index contributed by atoms with van der Waals surface area (Å²) in [5.41, 5.74) is 0. The summed E-state index contributed by atoms with van der Waals surface area (Å²) in [6, 6.07) is 9.62. The molecule has 0 fully saturated rings. The van der Waals surface area contributed by atoms with E-state index in [4.69, 9.17) is 4.52 Å². The molecule has 0 aliphatic carbocycles. The molecule has 1 unspecified atom stereocenters. The first kappa shape index (κ1) is 11.5. The van der Waals surface area contributed by atoms with Crippen molar-refractivity contribution in [2.24, 2.45) is 13.5 Å². The number of hydrogen-bond acceptors (Lipinski definition) is 4. The molecule has 1 aromatic carbocycles. The Morgan fingerprint density at radius 2 is 1.93 bits per heavy atom. The zero-order chi connectivity index (χ0) is 8.93. The van der Waals surface area contributed by atoms with Gasteiger partial charge in [-0.1, -0.05) is 18.2 Å². The fraction of sp³-hybridized carbons (Fsp3) is 0. The molecule has 0 saturated carbocycles. The van der Waals surface area contributed by atoms with Gasteiger partial charge < -0.3 is 4.52 Å².